The zero-order valence-corrected chi connectivity index (χ0v) is 10.4. The third-order valence-corrected chi connectivity index (χ3v) is 3.04. The van der Waals surface area contributed by atoms with Gasteiger partial charge in [0.1, 0.15) is 4.49 Å². The number of aromatic nitrogens is 1. The van der Waals surface area contributed by atoms with E-state index >= 15 is 0 Å². The normalized spacial score (nSPS) is 10.9. The molecular formula is C14H9Cl2N. The molecule has 0 bridgehead atoms. The lowest BCUT2D eigenvalue weighted by Gasteiger charge is -1.99. The van der Waals surface area contributed by atoms with Crippen LogP contribution in [0.25, 0.3) is 28.0 Å². The average Bonchev–Trinajstić information content (AvgIpc) is 2.65. The number of rotatable bonds is 1. The quantitative estimate of drug-likeness (QED) is 0.579. The summed E-state index contributed by atoms with van der Waals surface area (Å²) in [5, 5.41) is 2.41. The fraction of sp³-hybridized carbons (Fsp3) is 0. The van der Waals surface area contributed by atoms with Crippen molar-refractivity contribution < 1.29 is 0 Å². The maximum Gasteiger partial charge on any atom is 0.123 e. The molecule has 0 aliphatic carbocycles. The van der Waals surface area contributed by atoms with E-state index in [2.05, 4.69) is 24.3 Å². The van der Waals surface area contributed by atoms with Crippen molar-refractivity contribution >= 4 is 51.2 Å². The lowest BCUT2D eigenvalue weighted by Crippen LogP contribution is -1.84. The van der Waals surface area contributed by atoms with Gasteiger partial charge in [-0.25, -0.2) is 0 Å². The zero-order chi connectivity index (χ0) is 11.8. The predicted molar refractivity (Wildman–Crippen MR) is 75.4 cm³/mol. The zero-order valence-electron chi connectivity index (χ0n) is 8.90. The lowest BCUT2D eigenvalue weighted by molar-refractivity contribution is 1.29. The molecule has 1 aromatic heterocycles. The summed E-state index contributed by atoms with van der Waals surface area (Å²) in [6.07, 6.45) is 1.73. The molecule has 0 fully saturated rings. The molecule has 0 unspecified atom stereocenters. The first-order valence-corrected chi connectivity index (χ1v) is 6.03. The van der Waals surface area contributed by atoms with Crippen molar-refractivity contribution in [3.63, 3.8) is 0 Å². The fourth-order valence-electron chi connectivity index (χ4n) is 2.19. The second kappa shape index (κ2) is 4.10. The monoisotopic (exact) mass is 261 g/mol. The Hall–Kier alpha value is -1.44. The number of hydrogen-bond acceptors (Lipinski definition) is 0. The van der Waals surface area contributed by atoms with Gasteiger partial charge < -0.3 is 4.57 Å². The molecule has 3 rings (SSSR count). The standard InChI is InChI=1S/C14H9Cl2N/c15-14(16)9-17-12-7-3-1-5-10(12)11-6-2-4-8-13(11)17/h1-9H. The Kier molecular flexibility index (Phi) is 2.58. The molecular weight excluding hydrogens is 253 g/mol. The molecule has 0 atom stereocenters. The maximum absolute atomic E-state index is 5.78. The number of halogens is 2. The van der Waals surface area contributed by atoms with E-state index in [4.69, 9.17) is 23.2 Å². The Labute approximate surface area is 109 Å². The summed E-state index contributed by atoms with van der Waals surface area (Å²) >= 11 is 11.6. The van der Waals surface area contributed by atoms with Crippen LogP contribution in [0, 0.1) is 0 Å². The van der Waals surface area contributed by atoms with Crippen LogP contribution in [0.4, 0.5) is 0 Å². The highest BCUT2D eigenvalue weighted by atomic mass is 35.5. The number of fused-ring (bicyclic) bond motifs is 3. The molecule has 17 heavy (non-hydrogen) atoms. The van der Waals surface area contributed by atoms with Gasteiger partial charge in [0, 0.05) is 17.0 Å². The van der Waals surface area contributed by atoms with Crippen molar-refractivity contribution in [2.24, 2.45) is 0 Å². The molecule has 0 saturated heterocycles. The van der Waals surface area contributed by atoms with Gasteiger partial charge in [0.15, 0.2) is 0 Å². The van der Waals surface area contributed by atoms with Gasteiger partial charge in [0.25, 0.3) is 0 Å². The van der Waals surface area contributed by atoms with Crippen LogP contribution < -0.4 is 0 Å². The van der Waals surface area contributed by atoms with Gasteiger partial charge >= 0.3 is 0 Å². The number of benzene rings is 2. The van der Waals surface area contributed by atoms with E-state index in [-0.39, 0.29) is 4.49 Å². The Morgan fingerprint density at radius 3 is 1.76 bits per heavy atom. The van der Waals surface area contributed by atoms with Crippen LogP contribution in [-0.2, 0) is 0 Å². The SMILES string of the molecule is ClC(Cl)=Cn1c2ccccc2c2ccccc21. The number of para-hydroxylation sites is 2. The highest BCUT2D eigenvalue weighted by Crippen LogP contribution is 2.29. The van der Waals surface area contributed by atoms with Crippen LogP contribution in [0.15, 0.2) is 53.0 Å². The Bertz CT molecular complexity index is 668. The first kappa shape index (κ1) is 10.7. The molecule has 1 nitrogen and oxygen atoms in total. The van der Waals surface area contributed by atoms with Crippen molar-refractivity contribution in [2.45, 2.75) is 0 Å². The maximum atomic E-state index is 5.78. The predicted octanol–water partition coefficient (Wildman–Crippen LogP) is 5.03. The van der Waals surface area contributed by atoms with Gasteiger partial charge in [-0.2, -0.15) is 0 Å². The molecule has 0 aliphatic heterocycles. The van der Waals surface area contributed by atoms with E-state index in [1.807, 2.05) is 28.8 Å². The largest absolute Gasteiger partial charge is 0.314 e. The summed E-state index contributed by atoms with van der Waals surface area (Å²) in [7, 11) is 0. The second-order valence-electron chi connectivity index (χ2n) is 3.82. The fourth-order valence-corrected chi connectivity index (χ4v) is 2.38. The summed E-state index contributed by atoms with van der Waals surface area (Å²) < 4.78 is 2.26. The summed E-state index contributed by atoms with van der Waals surface area (Å²) in [6.45, 7) is 0. The number of hydrogen-bond donors (Lipinski definition) is 0. The van der Waals surface area contributed by atoms with E-state index < -0.39 is 0 Å². The minimum atomic E-state index is 0.247. The minimum Gasteiger partial charge on any atom is -0.314 e. The van der Waals surface area contributed by atoms with Crippen LogP contribution in [0.2, 0.25) is 0 Å². The molecule has 0 radical (unpaired) electrons. The molecule has 0 saturated carbocycles. The smallest absolute Gasteiger partial charge is 0.123 e. The molecule has 0 spiro atoms. The minimum absolute atomic E-state index is 0.247. The van der Waals surface area contributed by atoms with Gasteiger partial charge in [-0.1, -0.05) is 59.6 Å². The van der Waals surface area contributed by atoms with Gasteiger partial charge in [-0.15, -0.1) is 0 Å². The van der Waals surface area contributed by atoms with Crippen molar-refractivity contribution in [3.05, 3.63) is 53.0 Å². The molecule has 2 aromatic carbocycles. The molecule has 0 aliphatic rings. The molecule has 3 aromatic rings. The second-order valence-corrected chi connectivity index (χ2v) is 4.83. The Morgan fingerprint density at radius 1 is 0.824 bits per heavy atom. The first-order valence-electron chi connectivity index (χ1n) is 5.28. The molecule has 0 amide bonds. The molecule has 0 N–H and O–H groups in total. The topological polar surface area (TPSA) is 4.93 Å². The molecule has 1 heterocycles. The van der Waals surface area contributed by atoms with Gasteiger partial charge in [-0.05, 0) is 12.1 Å². The van der Waals surface area contributed by atoms with Crippen LogP contribution in [0.3, 0.4) is 0 Å². The van der Waals surface area contributed by atoms with Crippen LogP contribution in [0.5, 0.6) is 0 Å². The Morgan fingerprint density at radius 2 is 1.29 bits per heavy atom. The van der Waals surface area contributed by atoms with Gasteiger partial charge in [-0.3, -0.25) is 0 Å². The van der Waals surface area contributed by atoms with Crippen LogP contribution in [0.1, 0.15) is 0 Å². The highest BCUT2D eigenvalue weighted by molar-refractivity contribution is 6.57. The highest BCUT2D eigenvalue weighted by Gasteiger charge is 2.07. The van der Waals surface area contributed by atoms with Crippen LogP contribution >= 0.6 is 23.2 Å². The van der Waals surface area contributed by atoms with Gasteiger partial charge in [0.2, 0.25) is 0 Å². The van der Waals surface area contributed by atoms with Crippen LogP contribution in [-0.4, -0.2) is 4.57 Å². The van der Waals surface area contributed by atoms with Crippen molar-refractivity contribution in [2.75, 3.05) is 0 Å². The number of nitrogens with zero attached hydrogens (tertiary/aromatic N) is 1. The van der Waals surface area contributed by atoms with E-state index in [0.717, 1.165) is 11.0 Å². The van der Waals surface area contributed by atoms with Crippen molar-refractivity contribution in [1.29, 1.82) is 0 Å². The van der Waals surface area contributed by atoms with Crippen molar-refractivity contribution in [1.82, 2.24) is 4.57 Å². The van der Waals surface area contributed by atoms with E-state index in [1.165, 1.54) is 10.8 Å². The first-order chi connectivity index (χ1) is 8.27. The molecule has 3 heteroatoms. The third-order valence-electron chi connectivity index (χ3n) is 2.84. The third kappa shape index (κ3) is 1.72. The van der Waals surface area contributed by atoms with E-state index in [1.54, 1.807) is 6.20 Å². The summed E-state index contributed by atoms with van der Waals surface area (Å²) in [6, 6.07) is 16.4. The molecule has 84 valence electrons. The summed E-state index contributed by atoms with van der Waals surface area (Å²) in [5.41, 5.74) is 2.21. The van der Waals surface area contributed by atoms with Gasteiger partial charge in [0.05, 0.1) is 11.0 Å². The van der Waals surface area contributed by atoms with E-state index in [0.29, 0.717) is 0 Å². The van der Waals surface area contributed by atoms with E-state index in [9.17, 15) is 0 Å². The summed E-state index contributed by atoms with van der Waals surface area (Å²) in [4.78, 5) is 0. The lowest BCUT2D eigenvalue weighted by atomic mass is 10.2. The Balaban J connectivity index is 2.55. The summed E-state index contributed by atoms with van der Waals surface area (Å²) in [5.74, 6) is 0. The average molecular weight is 262 g/mol. The van der Waals surface area contributed by atoms with Crippen molar-refractivity contribution in [3.8, 4) is 0 Å².